The summed E-state index contributed by atoms with van der Waals surface area (Å²) in [5.41, 5.74) is 1.02. The fourth-order valence-corrected chi connectivity index (χ4v) is 2.86. The Morgan fingerprint density at radius 3 is 2.71 bits per heavy atom. The van der Waals surface area contributed by atoms with Gasteiger partial charge in [-0.15, -0.1) is 11.3 Å². The molecule has 0 amide bonds. The van der Waals surface area contributed by atoms with E-state index < -0.39 is 0 Å². The zero-order valence-electron chi connectivity index (χ0n) is 8.34. The lowest BCUT2D eigenvalue weighted by atomic mass is 10.00. The van der Waals surface area contributed by atoms with Gasteiger partial charge < -0.3 is 0 Å². The summed E-state index contributed by atoms with van der Waals surface area (Å²) in [5.74, 6) is 1.08. The first-order valence-corrected chi connectivity index (χ1v) is 6.09. The maximum Gasteiger partial charge on any atom is 0.175 e. The molecule has 3 heteroatoms. The Morgan fingerprint density at radius 2 is 2.29 bits per heavy atom. The van der Waals surface area contributed by atoms with Crippen molar-refractivity contribution in [2.45, 2.75) is 26.7 Å². The molecule has 0 radical (unpaired) electrons. The van der Waals surface area contributed by atoms with Crippen molar-refractivity contribution in [1.82, 2.24) is 0 Å². The Morgan fingerprint density at radius 1 is 1.64 bits per heavy atom. The Hall–Kier alpha value is -0.340. The number of thiophene rings is 1. The molecule has 0 spiro atoms. The molecule has 0 aromatic carbocycles. The molecule has 1 aliphatic carbocycles. The number of carbonyl (C=O) groups is 1. The van der Waals surface area contributed by atoms with Crippen molar-refractivity contribution < 1.29 is 4.79 Å². The van der Waals surface area contributed by atoms with Crippen LogP contribution in [0, 0.1) is 18.8 Å². The lowest BCUT2D eigenvalue weighted by molar-refractivity contribution is 0.0920. The van der Waals surface area contributed by atoms with Gasteiger partial charge in [-0.2, -0.15) is 0 Å². The zero-order valence-corrected chi connectivity index (χ0v) is 9.91. The number of rotatable bonds is 3. The van der Waals surface area contributed by atoms with Gasteiger partial charge in [0.15, 0.2) is 5.78 Å². The molecular weight excluding hydrogens is 216 g/mol. The lowest BCUT2D eigenvalue weighted by Crippen LogP contribution is -2.11. The van der Waals surface area contributed by atoms with Crippen LogP contribution in [0.15, 0.2) is 6.07 Å². The molecule has 1 unspecified atom stereocenters. The summed E-state index contributed by atoms with van der Waals surface area (Å²) in [5, 5.41) is 0. The molecule has 1 atom stereocenters. The van der Waals surface area contributed by atoms with Crippen LogP contribution in [0.2, 0.25) is 4.34 Å². The predicted octanol–water partition coefficient (Wildman–Crippen LogP) is 3.94. The van der Waals surface area contributed by atoms with Crippen LogP contribution in [-0.4, -0.2) is 5.78 Å². The molecule has 1 heterocycles. The summed E-state index contributed by atoms with van der Waals surface area (Å²) in [6, 6.07) is 1.91. The number of aryl methyl sites for hydroxylation is 1. The molecule has 1 fully saturated rings. The van der Waals surface area contributed by atoms with E-state index in [1.165, 1.54) is 24.2 Å². The summed E-state index contributed by atoms with van der Waals surface area (Å²) in [6.45, 7) is 3.97. The molecule has 1 aliphatic rings. The molecule has 0 saturated heterocycles. The first-order valence-electron chi connectivity index (χ1n) is 4.89. The van der Waals surface area contributed by atoms with Crippen molar-refractivity contribution in [3.05, 3.63) is 20.8 Å². The molecule has 0 bridgehead atoms. The minimum absolute atomic E-state index is 0.184. The monoisotopic (exact) mass is 228 g/mol. The third kappa shape index (κ3) is 1.86. The van der Waals surface area contributed by atoms with Gasteiger partial charge in [-0.25, -0.2) is 0 Å². The Balaban J connectivity index is 2.17. The summed E-state index contributed by atoms with van der Waals surface area (Å²) >= 11 is 7.35. The Bertz CT molecular complexity index is 346. The first-order chi connectivity index (χ1) is 6.59. The van der Waals surface area contributed by atoms with E-state index in [1.54, 1.807) is 0 Å². The van der Waals surface area contributed by atoms with Gasteiger partial charge >= 0.3 is 0 Å². The fourth-order valence-electron chi connectivity index (χ4n) is 1.62. The number of Topliss-reactive ketones (excluding diaryl/α,β-unsaturated/α-hetero) is 1. The minimum atomic E-state index is 0.184. The predicted molar refractivity (Wildman–Crippen MR) is 60.3 cm³/mol. The SMILES string of the molecule is Cc1cc(C(=O)C(C)C2CC2)sc1Cl. The van der Waals surface area contributed by atoms with Crippen LogP contribution in [0.4, 0.5) is 0 Å². The highest BCUT2D eigenvalue weighted by molar-refractivity contribution is 7.18. The van der Waals surface area contributed by atoms with Gasteiger partial charge in [-0.05, 0) is 37.3 Å². The quantitative estimate of drug-likeness (QED) is 0.717. The van der Waals surface area contributed by atoms with E-state index >= 15 is 0 Å². The van der Waals surface area contributed by atoms with Crippen LogP contribution in [0.1, 0.15) is 35.0 Å². The summed E-state index contributed by atoms with van der Waals surface area (Å²) in [7, 11) is 0. The molecule has 76 valence electrons. The van der Waals surface area contributed by atoms with E-state index in [2.05, 4.69) is 0 Å². The van der Waals surface area contributed by atoms with E-state index in [9.17, 15) is 4.79 Å². The normalized spacial score (nSPS) is 18.2. The topological polar surface area (TPSA) is 17.1 Å². The fraction of sp³-hybridized carbons (Fsp3) is 0.545. The number of hydrogen-bond donors (Lipinski definition) is 0. The van der Waals surface area contributed by atoms with Gasteiger partial charge in [0.05, 0.1) is 9.21 Å². The second kappa shape index (κ2) is 3.67. The molecule has 2 rings (SSSR count). The molecule has 1 aromatic rings. The largest absolute Gasteiger partial charge is 0.293 e. The van der Waals surface area contributed by atoms with Crippen molar-refractivity contribution in [2.75, 3.05) is 0 Å². The third-order valence-corrected chi connectivity index (χ3v) is 4.41. The van der Waals surface area contributed by atoms with Gasteiger partial charge in [0.25, 0.3) is 0 Å². The van der Waals surface area contributed by atoms with Gasteiger partial charge in [0.1, 0.15) is 0 Å². The molecule has 0 aliphatic heterocycles. The van der Waals surface area contributed by atoms with Crippen molar-refractivity contribution in [2.24, 2.45) is 11.8 Å². The second-order valence-electron chi connectivity index (χ2n) is 4.06. The van der Waals surface area contributed by atoms with Crippen LogP contribution in [-0.2, 0) is 0 Å². The highest BCUT2D eigenvalue weighted by Crippen LogP contribution is 2.39. The molecular formula is C11H13ClOS. The van der Waals surface area contributed by atoms with Crippen LogP contribution in [0.5, 0.6) is 0 Å². The number of halogens is 1. The van der Waals surface area contributed by atoms with Crippen molar-refractivity contribution in [3.8, 4) is 0 Å². The van der Waals surface area contributed by atoms with Crippen LogP contribution >= 0.6 is 22.9 Å². The van der Waals surface area contributed by atoms with Crippen LogP contribution in [0.25, 0.3) is 0 Å². The zero-order chi connectivity index (χ0) is 10.3. The first kappa shape index (κ1) is 10.2. The minimum Gasteiger partial charge on any atom is -0.293 e. The van der Waals surface area contributed by atoms with E-state index in [-0.39, 0.29) is 11.7 Å². The summed E-state index contributed by atoms with van der Waals surface area (Å²) in [4.78, 5) is 12.8. The smallest absolute Gasteiger partial charge is 0.175 e. The Kier molecular flexibility index (Phi) is 2.67. The van der Waals surface area contributed by atoms with Crippen molar-refractivity contribution >= 4 is 28.7 Å². The Labute approximate surface area is 93.1 Å². The maximum absolute atomic E-state index is 11.9. The molecule has 1 nitrogen and oxygen atoms in total. The van der Waals surface area contributed by atoms with Crippen molar-refractivity contribution in [3.63, 3.8) is 0 Å². The summed E-state index contributed by atoms with van der Waals surface area (Å²) in [6.07, 6.45) is 2.43. The lowest BCUT2D eigenvalue weighted by Gasteiger charge is -2.05. The van der Waals surface area contributed by atoms with Crippen molar-refractivity contribution in [1.29, 1.82) is 0 Å². The molecule has 1 aromatic heterocycles. The average Bonchev–Trinajstić information content (AvgIpc) is 2.93. The number of carbonyl (C=O) groups excluding carboxylic acids is 1. The average molecular weight is 229 g/mol. The van der Waals surface area contributed by atoms with Crippen LogP contribution in [0.3, 0.4) is 0 Å². The van der Waals surface area contributed by atoms with E-state index in [1.807, 2.05) is 19.9 Å². The second-order valence-corrected chi connectivity index (χ2v) is 5.71. The number of hydrogen-bond acceptors (Lipinski definition) is 2. The maximum atomic E-state index is 11.9. The van der Waals surface area contributed by atoms with Gasteiger partial charge in [0.2, 0.25) is 0 Å². The van der Waals surface area contributed by atoms with Crippen LogP contribution < -0.4 is 0 Å². The van der Waals surface area contributed by atoms with E-state index in [4.69, 9.17) is 11.6 Å². The van der Waals surface area contributed by atoms with Gasteiger partial charge in [0, 0.05) is 5.92 Å². The highest BCUT2D eigenvalue weighted by Gasteiger charge is 2.33. The molecule has 1 saturated carbocycles. The molecule has 0 N–H and O–H groups in total. The third-order valence-electron chi connectivity index (χ3n) is 2.84. The van der Waals surface area contributed by atoms with Gasteiger partial charge in [-0.1, -0.05) is 18.5 Å². The molecule has 14 heavy (non-hydrogen) atoms. The van der Waals surface area contributed by atoms with E-state index in [0.29, 0.717) is 5.92 Å². The highest BCUT2D eigenvalue weighted by atomic mass is 35.5. The standard InChI is InChI=1S/C11H13ClOS/c1-6-5-9(14-11(6)12)10(13)7(2)8-3-4-8/h5,7-8H,3-4H2,1-2H3. The van der Waals surface area contributed by atoms with Gasteiger partial charge in [-0.3, -0.25) is 4.79 Å². The summed E-state index contributed by atoms with van der Waals surface area (Å²) < 4.78 is 0.747. The van der Waals surface area contributed by atoms with E-state index in [0.717, 1.165) is 14.8 Å². The number of ketones is 1.